The maximum absolute atomic E-state index is 8.42. The van der Waals surface area contributed by atoms with Gasteiger partial charge in [-0.2, -0.15) is 0 Å². The summed E-state index contributed by atoms with van der Waals surface area (Å²) in [6, 6.07) is 0. The number of nitrogens with zero attached hydrogens (tertiary/aromatic N) is 3. The van der Waals surface area contributed by atoms with Gasteiger partial charge in [-0.25, -0.2) is 0 Å². The molecule has 0 fully saturated rings. The Morgan fingerprint density at radius 3 is 0.615 bits per heavy atom. The van der Waals surface area contributed by atoms with Crippen molar-refractivity contribution in [1.29, 1.82) is 0 Å². The van der Waals surface area contributed by atoms with Gasteiger partial charge in [-0.3, -0.25) is 7.32 Å². The molecule has 0 N–H and O–H groups in total. The van der Waals surface area contributed by atoms with Crippen molar-refractivity contribution in [3.8, 4) is 0 Å². The van der Waals surface area contributed by atoms with Crippen LogP contribution in [0.2, 0.25) is 0 Å². The highest BCUT2D eigenvalue weighted by Gasteiger charge is 1.17. The zero-order valence-corrected chi connectivity index (χ0v) is 12.1. The molecule has 0 aliphatic carbocycles. The van der Waals surface area contributed by atoms with Gasteiger partial charge in [0.25, 0.3) is 0 Å². The summed E-state index contributed by atoms with van der Waals surface area (Å²) in [5.41, 5.74) is 0. The average molecular weight is 293 g/mol. The molecule has 0 heterocycles. The summed E-state index contributed by atoms with van der Waals surface area (Å²) in [5.74, 6) is 0. The molecule has 0 aromatic carbocycles. The highest BCUT2D eigenvalue weighted by molar-refractivity contribution is 7.13. The van der Waals surface area contributed by atoms with Gasteiger partial charge in [0.15, 0.2) is 0 Å². The van der Waals surface area contributed by atoms with Crippen LogP contribution < -0.4 is 27.6 Å². The van der Waals surface area contributed by atoms with Crippen molar-refractivity contribution in [3.63, 3.8) is 0 Å². The molecular weight excluding hydrogens is 287 g/mol. The summed E-state index contributed by atoms with van der Waals surface area (Å²) < 4.78 is 9.33. The minimum absolute atomic E-state index is 2.72. The van der Waals surface area contributed by atoms with E-state index in [-0.39, 0.29) is 0 Å². The van der Waals surface area contributed by atoms with Crippen LogP contribution in [0.1, 0.15) is 0 Å². The second kappa shape index (κ2) is 38.4. The van der Waals surface area contributed by atoms with Gasteiger partial charge in [-0.05, 0) is 0 Å². The normalized spacial score (nSPS) is 3.92. The van der Waals surface area contributed by atoms with E-state index in [9.17, 15) is 0 Å². The van der Waals surface area contributed by atoms with Gasteiger partial charge in [0.1, 0.15) is 0 Å². The van der Waals surface area contributed by atoms with Gasteiger partial charge in [0.2, 0.25) is 0 Å². The molecular formula is H6BN3O3P6. The summed E-state index contributed by atoms with van der Waals surface area (Å²) >= 11 is 0. The molecule has 0 aromatic heterocycles. The van der Waals surface area contributed by atoms with Crippen molar-refractivity contribution in [2.45, 2.75) is 0 Å². The molecule has 0 rings (SSSR count). The Balaban J connectivity index is -0.0000000420. The monoisotopic (exact) mass is 293 g/mol. The molecule has 13 heteroatoms. The molecule has 13 heavy (non-hydrogen) atoms. The molecule has 0 atom stereocenters. The number of rotatable bonds is 0. The third kappa shape index (κ3) is 1990. The van der Waals surface area contributed by atoms with Crippen LogP contribution in [0.3, 0.4) is 0 Å². The molecule has 72 valence electrons. The van der Waals surface area contributed by atoms with E-state index in [0.717, 1.165) is 0 Å². The third-order valence-electron chi connectivity index (χ3n) is 0. The minimum Gasteiger partial charge on any atom is -0.907 e. The van der Waals surface area contributed by atoms with Crippen LogP contribution in [0.15, 0.2) is 0 Å². The molecule has 0 radical (unpaired) electrons. The van der Waals surface area contributed by atoms with Crippen molar-refractivity contribution >= 4 is 61.5 Å². The molecule has 0 amide bonds. The summed E-state index contributed by atoms with van der Waals surface area (Å²) in [4.78, 5) is 0. The smallest absolute Gasteiger partial charge is 0.346 e. The van der Waals surface area contributed by atoms with Crippen LogP contribution in [0.5, 0.6) is 0 Å². The maximum Gasteiger partial charge on any atom is 0.346 e. The lowest BCUT2D eigenvalue weighted by atomic mass is 10.3. The standard InChI is InChI=1S/BO3.3H2NP2/c2-1(3)4;3*2-1-3/h;3*2-3H/q-3;3*+1. The Hall–Kier alpha value is 0.875. The zero-order valence-electron chi connectivity index (χ0n) is 6.14. The Morgan fingerprint density at radius 1 is 0.615 bits per heavy atom. The first-order valence-electron chi connectivity index (χ1n) is 2.05. The van der Waals surface area contributed by atoms with Gasteiger partial charge in [0, 0.05) is 0 Å². The van der Waals surface area contributed by atoms with E-state index in [2.05, 4.69) is 66.7 Å². The van der Waals surface area contributed by atoms with Gasteiger partial charge in [-0.1, -0.05) is 12.5 Å². The fourth-order valence-electron chi connectivity index (χ4n) is 0. The SMILES string of the molecule is P=[N+]=P.P=[N+]=P.P=[N+]=P.[O-]B([O-])[O-]. The van der Waals surface area contributed by atoms with Gasteiger partial charge in [0.05, 0.1) is 0 Å². The Morgan fingerprint density at radius 2 is 0.615 bits per heavy atom. The quantitative estimate of drug-likeness (QED) is 0.297. The first kappa shape index (κ1) is 23.6. The van der Waals surface area contributed by atoms with Crippen LogP contribution in [0.25, 0.3) is 0 Å². The summed E-state index contributed by atoms with van der Waals surface area (Å²) in [6.07, 6.45) is 0. The van der Waals surface area contributed by atoms with Crippen molar-refractivity contribution in [3.05, 3.63) is 0 Å². The largest absolute Gasteiger partial charge is 0.907 e. The highest BCUT2D eigenvalue weighted by Crippen LogP contribution is 1.40. The third-order valence-corrected chi connectivity index (χ3v) is 0. The molecule has 0 spiro atoms. The van der Waals surface area contributed by atoms with Crippen LogP contribution in [0, 0.1) is 0 Å². The van der Waals surface area contributed by atoms with E-state index in [1.54, 1.807) is 0 Å². The highest BCUT2D eigenvalue weighted by atomic mass is 31.0. The van der Waals surface area contributed by atoms with Crippen LogP contribution in [0.4, 0.5) is 0 Å². The molecule has 0 aliphatic heterocycles. The maximum atomic E-state index is 8.42. The van der Waals surface area contributed by atoms with Crippen molar-refractivity contribution in [2.75, 3.05) is 0 Å². The Kier molecular flexibility index (Phi) is 69.7. The molecule has 0 bridgehead atoms. The molecule has 6 nitrogen and oxygen atoms in total. The van der Waals surface area contributed by atoms with E-state index >= 15 is 0 Å². The van der Waals surface area contributed by atoms with E-state index < -0.39 is 7.32 Å². The molecule has 0 aromatic rings. The second-order valence-corrected chi connectivity index (χ2v) is 3.31. The molecule has 0 aliphatic rings. The van der Waals surface area contributed by atoms with E-state index in [4.69, 9.17) is 15.1 Å². The Bertz CT molecular complexity index is 144. The second-order valence-electron chi connectivity index (χ2n) is 0.624. The van der Waals surface area contributed by atoms with Gasteiger partial charge < -0.3 is 15.1 Å². The topological polar surface area (TPSA) is 111 Å². The Labute approximate surface area is 89.5 Å². The van der Waals surface area contributed by atoms with E-state index in [1.807, 2.05) is 0 Å². The van der Waals surface area contributed by atoms with Gasteiger partial charge in [-0.15, -0.1) is 0 Å². The lowest BCUT2D eigenvalue weighted by molar-refractivity contribution is -0.479. The minimum atomic E-state index is -2.92. The predicted molar refractivity (Wildman–Crippen MR) is 62.0 cm³/mol. The predicted octanol–water partition coefficient (Wildman–Crippen LogP) is -1.83. The van der Waals surface area contributed by atoms with E-state index in [0.29, 0.717) is 0 Å². The van der Waals surface area contributed by atoms with Crippen LogP contribution in [-0.4, -0.2) is 7.32 Å². The lowest BCUT2D eigenvalue weighted by Crippen LogP contribution is -2.56. The van der Waals surface area contributed by atoms with E-state index in [1.165, 1.54) is 0 Å². The fraction of sp³-hybridized carbons (Fsp3) is 0. The molecule has 0 saturated carbocycles. The number of hydrogen-bond donors (Lipinski definition) is 0. The first-order chi connectivity index (χ1) is 5.97. The molecule has 0 saturated heterocycles. The lowest BCUT2D eigenvalue weighted by Gasteiger charge is -2.35. The zero-order chi connectivity index (χ0) is 11.7. The summed E-state index contributed by atoms with van der Waals surface area (Å²) in [7, 11) is 13.4. The van der Waals surface area contributed by atoms with Crippen molar-refractivity contribution in [2.24, 2.45) is 0 Å². The van der Waals surface area contributed by atoms with Crippen molar-refractivity contribution < 1.29 is 15.1 Å². The average Bonchev–Trinajstić information content (AvgIpc) is 1.88. The van der Waals surface area contributed by atoms with Crippen LogP contribution in [-0.2, 0) is 0 Å². The first-order valence-corrected chi connectivity index (χ1v) is 4.73. The molecule has 0 unspecified atom stereocenters. The summed E-state index contributed by atoms with van der Waals surface area (Å²) in [5, 5.41) is 25.2. The number of hydrogen-bond acceptors (Lipinski definition) is 3. The fourth-order valence-corrected chi connectivity index (χ4v) is 0. The summed E-state index contributed by atoms with van der Waals surface area (Å²) in [6.45, 7) is 0. The van der Waals surface area contributed by atoms with Crippen LogP contribution >= 0.6 is 54.2 Å². The van der Waals surface area contributed by atoms with Gasteiger partial charge >= 0.3 is 54.2 Å². The van der Waals surface area contributed by atoms with Crippen molar-refractivity contribution in [1.82, 2.24) is 12.5 Å².